The highest BCUT2D eigenvalue weighted by molar-refractivity contribution is 7.25. The molecule has 0 amide bonds. The van der Waals surface area contributed by atoms with Crippen molar-refractivity contribution in [3.05, 3.63) is 200 Å². The van der Waals surface area contributed by atoms with E-state index in [-0.39, 0.29) is 0 Å². The Morgan fingerprint density at radius 1 is 0.344 bits per heavy atom. The molecule has 64 heavy (non-hydrogen) atoms. The van der Waals surface area contributed by atoms with E-state index in [1.54, 1.807) is 11.3 Å². The maximum absolute atomic E-state index is 5.76. The van der Waals surface area contributed by atoms with E-state index >= 15 is 0 Å². The van der Waals surface area contributed by atoms with E-state index in [0.29, 0.717) is 5.82 Å². The highest BCUT2D eigenvalue weighted by atomic mass is 32.1. The summed E-state index contributed by atoms with van der Waals surface area (Å²) in [5, 5.41) is 12.0. The fraction of sp³-hybridized carbons (Fsp3) is 0. The predicted molar refractivity (Wildman–Crippen MR) is 269 cm³/mol. The first-order valence-corrected chi connectivity index (χ1v) is 22.6. The standard InChI is InChI=1S/C58H33N5S/c1-3-15-34(16-4-1)35-27-29-49-44(31-35)52-50(33-43-39-20-8-12-24-46(39)62-47-25-13-9-21-40(47)53(52)55(43)62)63(49)57-54-41-22-10-14-26-51(41)64-58(54)60-56(59-57)36-28-30-48-42(32-36)38-19-7-11-23-45(38)61(48)37-17-5-2-6-18-37/h1-33H. The zero-order chi connectivity index (χ0) is 41.6. The van der Waals surface area contributed by atoms with Crippen molar-refractivity contribution in [2.45, 2.75) is 0 Å². The van der Waals surface area contributed by atoms with Crippen LogP contribution in [0.3, 0.4) is 0 Å². The summed E-state index contributed by atoms with van der Waals surface area (Å²) in [6, 6.07) is 72.7. The van der Waals surface area contributed by atoms with E-state index in [2.05, 4.69) is 214 Å². The molecule has 296 valence electrons. The molecule has 6 aromatic heterocycles. The lowest BCUT2D eigenvalue weighted by atomic mass is 9.99. The van der Waals surface area contributed by atoms with E-state index in [9.17, 15) is 0 Å². The average molecular weight is 832 g/mol. The number of fused-ring (bicyclic) bond motifs is 16. The molecule has 0 aliphatic rings. The second-order valence-electron chi connectivity index (χ2n) is 16.9. The average Bonchev–Trinajstić information content (AvgIpc) is 4.16. The molecule has 0 saturated carbocycles. The van der Waals surface area contributed by atoms with Crippen molar-refractivity contribution in [3.63, 3.8) is 0 Å². The number of benzene rings is 9. The van der Waals surface area contributed by atoms with Crippen LogP contribution in [0.1, 0.15) is 0 Å². The normalized spacial score (nSPS) is 12.4. The molecule has 0 spiro atoms. The molecule has 0 aliphatic heterocycles. The minimum Gasteiger partial charge on any atom is -0.309 e. The third kappa shape index (κ3) is 4.51. The summed E-state index contributed by atoms with van der Waals surface area (Å²) < 4.78 is 8.49. The molecule has 15 rings (SSSR count). The van der Waals surface area contributed by atoms with Crippen molar-refractivity contribution in [2.24, 2.45) is 0 Å². The molecule has 6 heteroatoms. The van der Waals surface area contributed by atoms with Gasteiger partial charge < -0.3 is 8.97 Å². The Balaban J connectivity index is 1.10. The lowest BCUT2D eigenvalue weighted by Crippen LogP contribution is -2.02. The quantitative estimate of drug-likeness (QED) is 0.177. The van der Waals surface area contributed by atoms with Gasteiger partial charge in [0.1, 0.15) is 4.83 Å². The van der Waals surface area contributed by atoms with Crippen LogP contribution in [0, 0.1) is 0 Å². The van der Waals surface area contributed by atoms with Crippen molar-refractivity contribution in [3.8, 4) is 34.0 Å². The first-order chi connectivity index (χ1) is 31.8. The van der Waals surface area contributed by atoms with Crippen molar-refractivity contribution >= 4 is 113 Å². The Morgan fingerprint density at radius 2 is 0.938 bits per heavy atom. The fourth-order valence-electron chi connectivity index (χ4n) is 10.9. The van der Waals surface area contributed by atoms with Crippen LogP contribution in [0.15, 0.2) is 200 Å². The summed E-state index contributed by atoms with van der Waals surface area (Å²) in [5.41, 5.74) is 12.8. The van der Waals surface area contributed by atoms with Crippen LogP contribution in [0.5, 0.6) is 0 Å². The van der Waals surface area contributed by atoms with E-state index < -0.39 is 0 Å². The van der Waals surface area contributed by atoms with Crippen LogP contribution in [0.4, 0.5) is 0 Å². The molecule has 15 aromatic rings. The van der Waals surface area contributed by atoms with E-state index in [0.717, 1.165) is 49.2 Å². The number of thiophene rings is 1. The van der Waals surface area contributed by atoms with Crippen molar-refractivity contribution in [1.82, 2.24) is 23.5 Å². The number of rotatable bonds is 4. The Hall–Kier alpha value is -8.32. The molecule has 5 nitrogen and oxygen atoms in total. The van der Waals surface area contributed by atoms with Gasteiger partial charge in [0.15, 0.2) is 11.6 Å². The number of aromatic nitrogens is 5. The van der Waals surface area contributed by atoms with Gasteiger partial charge in [-0.3, -0.25) is 4.57 Å². The Kier molecular flexibility index (Phi) is 6.77. The molecule has 0 fully saturated rings. The van der Waals surface area contributed by atoms with Gasteiger partial charge >= 0.3 is 0 Å². The first kappa shape index (κ1) is 34.3. The lowest BCUT2D eigenvalue weighted by Gasteiger charge is -2.12. The summed E-state index contributed by atoms with van der Waals surface area (Å²) in [6.07, 6.45) is 0. The van der Waals surface area contributed by atoms with Gasteiger partial charge in [0.2, 0.25) is 0 Å². The second-order valence-corrected chi connectivity index (χ2v) is 17.9. The maximum Gasteiger partial charge on any atom is 0.163 e. The second kappa shape index (κ2) is 12.6. The van der Waals surface area contributed by atoms with Gasteiger partial charge in [-0.2, -0.15) is 0 Å². The minimum atomic E-state index is 0.705. The zero-order valence-corrected chi connectivity index (χ0v) is 35.0. The van der Waals surface area contributed by atoms with Crippen molar-refractivity contribution in [1.29, 1.82) is 0 Å². The molecule has 0 bridgehead atoms. The summed E-state index contributed by atoms with van der Waals surface area (Å²) in [7, 11) is 0. The van der Waals surface area contributed by atoms with E-state index in [1.807, 2.05) is 0 Å². The molecule has 0 radical (unpaired) electrons. The fourth-order valence-corrected chi connectivity index (χ4v) is 12.0. The van der Waals surface area contributed by atoms with Gasteiger partial charge in [0.05, 0.1) is 44.0 Å². The SMILES string of the molecule is c1ccc(-c2ccc3c(c2)c2c4c5ccccc5n5c6ccccc6c(cc2n3-c2nc(-c3ccc6c(c3)c3ccccc3n6-c3ccccc3)nc3sc6ccccc6c23)c45)cc1. The van der Waals surface area contributed by atoms with Crippen LogP contribution in [0.25, 0.3) is 136 Å². The molecule has 0 unspecified atom stereocenters. The monoisotopic (exact) mass is 831 g/mol. The van der Waals surface area contributed by atoms with Crippen LogP contribution in [0.2, 0.25) is 0 Å². The highest BCUT2D eigenvalue weighted by Gasteiger charge is 2.27. The molecule has 9 aromatic carbocycles. The third-order valence-electron chi connectivity index (χ3n) is 13.6. The molecule has 0 atom stereocenters. The van der Waals surface area contributed by atoms with Crippen LogP contribution in [-0.2, 0) is 0 Å². The Morgan fingerprint density at radius 3 is 1.73 bits per heavy atom. The number of hydrogen-bond donors (Lipinski definition) is 0. The van der Waals surface area contributed by atoms with Crippen LogP contribution in [-0.4, -0.2) is 23.5 Å². The molecular weight excluding hydrogens is 799 g/mol. The maximum atomic E-state index is 5.76. The van der Waals surface area contributed by atoms with E-state index in [4.69, 9.17) is 9.97 Å². The Bertz CT molecular complexity index is 4420. The minimum absolute atomic E-state index is 0.705. The summed E-state index contributed by atoms with van der Waals surface area (Å²) in [6.45, 7) is 0. The van der Waals surface area contributed by atoms with Gasteiger partial charge in [-0.05, 0) is 83.9 Å². The van der Waals surface area contributed by atoms with Gasteiger partial charge in [-0.1, -0.05) is 127 Å². The first-order valence-electron chi connectivity index (χ1n) is 21.7. The number of hydrogen-bond acceptors (Lipinski definition) is 3. The molecule has 0 saturated heterocycles. The Labute approximate surface area is 369 Å². The molecular formula is C58H33N5S. The summed E-state index contributed by atoms with van der Waals surface area (Å²) in [4.78, 5) is 12.2. The molecule has 0 aliphatic carbocycles. The smallest absolute Gasteiger partial charge is 0.163 e. The van der Waals surface area contributed by atoms with Crippen LogP contribution < -0.4 is 0 Å². The molecule has 6 heterocycles. The summed E-state index contributed by atoms with van der Waals surface area (Å²) in [5.74, 6) is 1.59. The summed E-state index contributed by atoms with van der Waals surface area (Å²) >= 11 is 1.74. The van der Waals surface area contributed by atoms with Crippen molar-refractivity contribution in [2.75, 3.05) is 0 Å². The van der Waals surface area contributed by atoms with E-state index in [1.165, 1.54) is 81.0 Å². The third-order valence-corrected chi connectivity index (χ3v) is 14.6. The highest BCUT2D eigenvalue weighted by Crippen LogP contribution is 2.49. The predicted octanol–water partition coefficient (Wildman–Crippen LogP) is 15.5. The largest absolute Gasteiger partial charge is 0.309 e. The van der Waals surface area contributed by atoms with Crippen LogP contribution >= 0.6 is 11.3 Å². The number of nitrogens with zero attached hydrogens (tertiary/aromatic N) is 5. The number of para-hydroxylation sites is 4. The van der Waals surface area contributed by atoms with Gasteiger partial charge in [-0.15, -0.1) is 11.3 Å². The zero-order valence-electron chi connectivity index (χ0n) is 34.2. The van der Waals surface area contributed by atoms with Crippen molar-refractivity contribution < 1.29 is 0 Å². The topological polar surface area (TPSA) is 40.0 Å². The van der Waals surface area contributed by atoms with Gasteiger partial charge in [0, 0.05) is 64.4 Å². The van der Waals surface area contributed by atoms with Gasteiger partial charge in [0.25, 0.3) is 0 Å². The molecule has 0 N–H and O–H groups in total. The lowest BCUT2D eigenvalue weighted by molar-refractivity contribution is 1.08. The van der Waals surface area contributed by atoms with Gasteiger partial charge in [-0.25, -0.2) is 9.97 Å².